The van der Waals surface area contributed by atoms with Crippen molar-refractivity contribution in [2.45, 2.75) is 101 Å². The molecular formula is C27H40O3SSi. The molecule has 1 aliphatic carbocycles. The third kappa shape index (κ3) is 6.95. The summed E-state index contributed by atoms with van der Waals surface area (Å²) in [4.78, 5) is 0.476. The van der Waals surface area contributed by atoms with Crippen molar-refractivity contribution in [1.29, 1.82) is 0 Å². The summed E-state index contributed by atoms with van der Waals surface area (Å²) >= 11 is 0. The summed E-state index contributed by atoms with van der Waals surface area (Å²) < 4.78 is 33.5. The fourth-order valence-electron chi connectivity index (χ4n) is 4.83. The van der Waals surface area contributed by atoms with Crippen LogP contribution >= 0.6 is 0 Å². The van der Waals surface area contributed by atoms with Crippen molar-refractivity contribution in [3.63, 3.8) is 0 Å². The minimum absolute atomic E-state index is 0.401. The first-order chi connectivity index (χ1) is 15.2. The van der Waals surface area contributed by atoms with Crippen molar-refractivity contribution in [2.75, 3.05) is 0 Å². The van der Waals surface area contributed by atoms with Gasteiger partial charge in [0, 0.05) is 14.5 Å². The predicted octanol–water partition coefficient (Wildman–Crippen LogP) is 7.74. The first-order valence-corrected chi connectivity index (χ1v) is 17.5. The van der Waals surface area contributed by atoms with Crippen LogP contribution < -0.4 is 0 Å². The lowest BCUT2D eigenvalue weighted by Crippen LogP contribution is -2.31. The van der Waals surface area contributed by atoms with Gasteiger partial charge in [-0.05, 0) is 75.8 Å². The molecule has 0 aliphatic heterocycles. The maximum Gasteiger partial charge on any atom is 0.185 e. The van der Waals surface area contributed by atoms with Crippen LogP contribution in [0.2, 0.25) is 25.7 Å². The van der Waals surface area contributed by atoms with Gasteiger partial charge in [0.1, 0.15) is 5.76 Å². The van der Waals surface area contributed by atoms with Crippen molar-refractivity contribution in [2.24, 2.45) is 0 Å². The SMILES string of the molecule is Cc1ccc(S(=O)(=O)C(CCCCc2ccco2)C(C[Si](C)(C)C)=C2CCCCC2)cc1. The highest BCUT2D eigenvalue weighted by Crippen LogP contribution is 2.37. The lowest BCUT2D eigenvalue weighted by molar-refractivity contribution is 0.493. The number of aryl methyl sites for hydroxylation is 2. The normalized spacial score (nSPS) is 16.2. The van der Waals surface area contributed by atoms with Gasteiger partial charge in [-0.2, -0.15) is 0 Å². The van der Waals surface area contributed by atoms with Crippen molar-refractivity contribution < 1.29 is 12.8 Å². The smallest absolute Gasteiger partial charge is 0.185 e. The molecule has 1 unspecified atom stereocenters. The zero-order chi connectivity index (χ0) is 23.2. The van der Waals surface area contributed by atoms with Crippen LogP contribution in [0.15, 0.2) is 63.1 Å². The third-order valence-corrected chi connectivity index (χ3v) is 10.1. The van der Waals surface area contributed by atoms with Gasteiger partial charge < -0.3 is 4.42 Å². The molecule has 176 valence electrons. The number of sulfone groups is 1. The number of hydrogen-bond donors (Lipinski definition) is 0. The standard InChI is InChI=1S/C27H40O3SSi/c1-22-16-18-25(19-17-22)31(28,29)27(15-9-8-13-24-14-10-20-30-24)26(21-32(2,3)4)23-11-6-5-7-12-23/h10,14,16-20,27H,5-9,11-13,15,21H2,1-4H3. The highest BCUT2D eigenvalue weighted by atomic mass is 32.2. The van der Waals surface area contributed by atoms with Crippen LogP contribution in [0.5, 0.6) is 0 Å². The fraction of sp³-hybridized carbons (Fsp3) is 0.556. The summed E-state index contributed by atoms with van der Waals surface area (Å²) in [5.74, 6) is 0.982. The number of furan rings is 1. The summed E-state index contributed by atoms with van der Waals surface area (Å²) in [5.41, 5.74) is 3.81. The van der Waals surface area contributed by atoms with Gasteiger partial charge >= 0.3 is 0 Å². The Hall–Kier alpha value is -1.59. The molecule has 1 aromatic heterocycles. The van der Waals surface area contributed by atoms with Crippen molar-refractivity contribution in [1.82, 2.24) is 0 Å². The Morgan fingerprint density at radius 2 is 1.69 bits per heavy atom. The second kappa shape index (κ2) is 11.0. The Labute approximate surface area is 196 Å². The topological polar surface area (TPSA) is 47.3 Å². The lowest BCUT2D eigenvalue weighted by Gasteiger charge is -2.30. The quantitative estimate of drug-likeness (QED) is 0.202. The van der Waals surface area contributed by atoms with Gasteiger partial charge in [0.15, 0.2) is 9.84 Å². The largest absolute Gasteiger partial charge is 0.469 e. The highest BCUT2D eigenvalue weighted by molar-refractivity contribution is 7.92. The minimum atomic E-state index is -3.43. The molecule has 2 aromatic rings. The van der Waals surface area contributed by atoms with E-state index in [1.165, 1.54) is 30.4 Å². The summed E-state index contributed by atoms with van der Waals surface area (Å²) in [6.45, 7) is 9.09. The van der Waals surface area contributed by atoms with E-state index >= 15 is 0 Å². The first kappa shape index (κ1) is 25.0. The van der Waals surface area contributed by atoms with E-state index < -0.39 is 23.2 Å². The van der Waals surface area contributed by atoms with E-state index in [4.69, 9.17) is 4.42 Å². The summed E-state index contributed by atoms with van der Waals surface area (Å²) in [6.07, 6.45) is 10.9. The predicted molar refractivity (Wildman–Crippen MR) is 137 cm³/mol. The number of hydrogen-bond acceptors (Lipinski definition) is 3. The number of rotatable bonds is 10. The molecule has 32 heavy (non-hydrogen) atoms. The highest BCUT2D eigenvalue weighted by Gasteiger charge is 2.34. The van der Waals surface area contributed by atoms with E-state index in [2.05, 4.69) is 19.6 Å². The van der Waals surface area contributed by atoms with Crippen LogP contribution in [0.25, 0.3) is 0 Å². The van der Waals surface area contributed by atoms with Crippen LogP contribution in [-0.2, 0) is 16.3 Å². The number of unbranched alkanes of at least 4 members (excludes halogenated alkanes) is 1. The van der Waals surface area contributed by atoms with Crippen molar-refractivity contribution in [3.8, 4) is 0 Å². The molecule has 1 aliphatic rings. The Bertz CT molecular complexity index is 973. The second-order valence-corrected chi connectivity index (χ2v) is 18.2. The molecule has 1 atom stereocenters. The zero-order valence-electron chi connectivity index (χ0n) is 20.3. The summed E-state index contributed by atoms with van der Waals surface area (Å²) in [7, 11) is -4.92. The van der Waals surface area contributed by atoms with Gasteiger partial charge in [0.2, 0.25) is 0 Å². The fourth-order valence-corrected chi connectivity index (χ4v) is 8.56. The molecule has 0 saturated heterocycles. The van der Waals surface area contributed by atoms with Crippen LogP contribution in [0, 0.1) is 6.92 Å². The van der Waals surface area contributed by atoms with E-state index in [1.54, 1.807) is 18.4 Å². The maximum atomic E-state index is 14.0. The number of allylic oxidation sites excluding steroid dienone is 1. The molecule has 1 saturated carbocycles. The molecule has 1 heterocycles. The van der Waals surface area contributed by atoms with E-state index in [0.717, 1.165) is 49.5 Å². The monoisotopic (exact) mass is 472 g/mol. The average molecular weight is 473 g/mol. The Kier molecular flexibility index (Phi) is 8.62. The Morgan fingerprint density at radius 1 is 1.00 bits per heavy atom. The lowest BCUT2D eigenvalue weighted by atomic mass is 9.89. The third-order valence-electron chi connectivity index (χ3n) is 6.46. The summed E-state index contributed by atoms with van der Waals surface area (Å²) in [6, 6.07) is 12.4. The average Bonchev–Trinajstić information content (AvgIpc) is 3.26. The van der Waals surface area contributed by atoms with E-state index in [0.29, 0.717) is 11.3 Å². The zero-order valence-corrected chi connectivity index (χ0v) is 22.1. The molecule has 0 amide bonds. The van der Waals surface area contributed by atoms with Crippen LogP contribution in [-0.4, -0.2) is 21.7 Å². The van der Waals surface area contributed by atoms with Gasteiger partial charge in [0.25, 0.3) is 0 Å². The number of benzene rings is 1. The second-order valence-electron chi connectivity index (χ2n) is 10.6. The Morgan fingerprint density at radius 3 is 2.28 bits per heavy atom. The molecular weight excluding hydrogens is 432 g/mol. The van der Waals surface area contributed by atoms with E-state index in [1.807, 2.05) is 31.2 Å². The first-order valence-electron chi connectivity index (χ1n) is 12.2. The van der Waals surface area contributed by atoms with Gasteiger partial charge in [0.05, 0.1) is 16.4 Å². The van der Waals surface area contributed by atoms with Gasteiger partial charge in [-0.3, -0.25) is 0 Å². The van der Waals surface area contributed by atoms with E-state index in [9.17, 15) is 8.42 Å². The van der Waals surface area contributed by atoms with Gasteiger partial charge in [-0.15, -0.1) is 0 Å². The van der Waals surface area contributed by atoms with Crippen LogP contribution in [0.4, 0.5) is 0 Å². The van der Waals surface area contributed by atoms with Gasteiger partial charge in [-0.25, -0.2) is 8.42 Å². The molecule has 1 aromatic carbocycles. The summed E-state index contributed by atoms with van der Waals surface area (Å²) in [5, 5.41) is -0.401. The van der Waals surface area contributed by atoms with Gasteiger partial charge in [-0.1, -0.05) is 61.3 Å². The maximum absolute atomic E-state index is 14.0. The molecule has 0 bridgehead atoms. The minimum Gasteiger partial charge on any atom is -0.469 e. The van der Waals surface area contributed by atoms with Crippen molar-refractivity contribution in [3.05, 3.63) is 65.1 Å². The molecule has 1 fully saturated rings. The van der Waals surface area contributed by atoms with Crippen LogP contribution in [0.3, 0.4) is 0 Å². The van der Waals surface area contributed by atoms with Crippen LogP contribution in [0.1, 0.15) is 62.7 Å². The molecule has 3 rings (SSSR count). The molecule has 0 spiro atoms. The molecule has 3 nitrogen and oxygen atoms in total. The van der Waals surface area contributed by atoms with E-state index in [-0.39, 0.29) is 0 Å². The van der Waals surface area contributed by atoms with Crippen molar-refractivity contribution >= 4 is 17.9 Å². The molecule has 5 heteroatoms. The molecule has 0 N–H and O–H groups in total. The Balaban J connectivity index is 1.93. The molecule has 0 radical (unpaired) electrons.